The summed E-state index contributed by atoms with van der Waals surface area (Å²) >= 11 is 0. The second-order valence-corrected chi connectivity index (χ2v) is 5.94. The lowest BCUT2D eigenvalue weighted by Gasteiger charge is -2.37. The smallest absolute Gasteiger partial charge is 0.254 e. The predicted octanol–water partition coefficient (Wildman–Crippen LogP) is 2.91. The number of hydrogen-bond donors (Lipinski definition) is 1. The van der Waals surface area contributed by atoms with E-state index in [1.807, 2.05) is 42.3 Å². The lowest BCUT2D eigenvalue weighted by Crippen LogP contribution is -2.49. The lowest BCUT2D eigenvalue weighted by molar-refractivity contribution is 0.0651. The van der Waals surface area contributed by atoms with Crippen molar-refractivity contribution in [2.75, 3.05) is 20.1 Å². The van der Waals surface area contributed by atoms with Gasteiger partial charge in [0.2, 0.25) is 0 Å². The topological polar surface area (TPSA) is 32.3 Å². The van der Waals surface area contributed by atoms with Gasteiger partial charge in [-0.2, -0.15) is 0 Å². The van der Waals surface area contributed by atoms with Gasteiger partial charge in [-0.1, -0.05) is 43.3 Å². The Morgan fingerprint density at radius 3 is 2.71 bits per heavy atom. The molecule has 0 spiro atoms. The fraction of sp³-hybridized carbons (Fsp3) is 0.389. The summed E-state index contributed by atoms with van der Waals surface area (Å²) in [6.45, 7) is 3.87. The first-order valence-electron chi connectivity index (χ1n) is 7.65. The molecule has 1 aliphatic rings. The van der Waals surface area contributed by atoms with Crippen LogP contribution in [0.4, 0.5) is 0 Å². The minimum atomic E-state index is 0.160. The molecule has 0 bridgehead atoms. The van der Waals surface area contributed by atoms with E-state index in [2.05, 4.69) is 24.4 Å². The van der Waals surface area contributed by atoms with Gasteiger partial charge in [0.05, 0.1) is 0 Å². The molecule has 2 unspecified atom stereocenters. The molecule has 1 N–H and O–H groups in total. The minimum Gasteiger partial charge on any atom is -0.338 e. The van der Waals surface area contributed by atoms with E-state index in [-0.39, 0.29) is 5.91 Å². The molecule has 0 aliphatic carbocycles. The van der Waals surface area contributed by atoms with Gasteiger partial charge in [-0.3, -0.25) is 4.79 Å². The third-order valence-electron chi connectivity index (χ3n) is 4.58. The Morgan fingerprint density at radius 1 is 1.19 bits per heavy atom. The molecule has 1 saturated heterocycles. The normalized spacial score (nSPS) is 22.5. The van der Waals surface area contributed by atoms with Crippen LogP contribution in [-0.2, 0) is 0 Å². The number of nitrogens with zero attached hydrogens (tertiary/aromatic N) is 1. The SMILES string of the molecule is CNC1CCN(C(=O)c2cccc3ccccc23)CC1C. The van der Waals surface area contributed by atoms with E-state index < -0.39 is 0 Å². The van der Waals surface area contributed by atoms with Gasteiger partial charge in [-0.15, -0.1) is 0 Å². The van der Waals surface area contributed by atoms with Crippen LogP contribution in [0.5, 0.6) is 0 Å². The summed E-state index contributed by atoms with van der Waals surface area (Å²) in [7, 11) is 2.00. The Hall–Kier alpha value is -1.87. The molecule has 2 aromatic carbocycles. The molecule has 2 atom stereocenters. The fourth-order valence-corrected chi connectivity index (χ4v) is 3.34. The molecule has 1 fully saturated rings. The second kappa shape index (κ2) is 5.86. The molecule has 2 aromatic rings. The molecule has 21 heavy (non-hydrogen) atoms. The van der Waals surface area contributed by atoms with E-state index >= 15 is 0 Å². The van der Waals surface area contributed by atoms with Crippen LogP contribution in [0, 0.1) is 5.92 Å². The van der Waals surface area contributed by atoms with E-state index in [4.69, 9.17) is 0 Å². The Kier molecular flexibility index (Phi) is 3.93. The lowest BCUT2D eigenvalue weighted by atomic mass is 9.93. The molecule has 3 heteroatoms. The third kappa shape index (κ3) is 2.66. The van der Waals surface area contributed by atoms with Gasteiger partial charge in [0.25, 0.3) is 5.91 Å². The third-order valence-corrected chi connectivity index (χ3v) is 4.58. The number of carbonyl (C=O) groups is 1. The maximum Gasteiger partial charge on any atom is 0.254 e. The zero-order valence-corrected chi connectivity index (χ0v) is 12.7. The Bertz CT molecular complexity index is 647. The highest BCUT2D eigenvalue weighted by Crippen LogP contribution is 2.23. The summed E-state index contributed by atoms with van der Waals surface area (Å²) in [6.07, 6.45) is 1.02. The molecule has 1 heterocycles. The van der Waals surface area contributed by atoms with Crippen molar-refractivity contribution in [3.63, 3.8) is 0 Å². The number of benzene rings is 2. The maximum atomic E-state index is 12.9. The minimum absolute atomic E-state index is 0.160. The molecule has 0 aromatic heterocycles. The Balaban J connectivity index is 1.88. The van der Waals surface area contributed by atoms with Gasteiger partial charge in [-0.05, 0) is 36.2 Å². The van der Waals surface area contributed by atoms with E-state index in [0.29, 0.717) is 12.0 Å². The summed E-state index contributed by atoms with van der Waals surface area (Å²) in [6, 6.07) is 14.6. The summed E-state index contributed by atoms with van der Waals surface area (Å²) in [4.78, 5) is 14.9. The van der Waals surface area contributed by atoms with E-state index in [9.17, 15) is 4.79 Å². The van der Waals surface area contributed by atoms with Crippen molar-refractivity contribution in [1.82, 2.24) is 10.2 Å². The highest BCUT2D eigenvalue weighted by molar-refractivity contribution is 6.07. The Labute approximate surface area is 125 Å². The fourth-order valence-electron chi connectivity index (χ4n) is 3.34. The number of amides is 1. The number of carbonyl (C=O) groups excluding carboxylic acids is 1. The molecule has 0 saturated carbocycles. The van der Waals surface area contributed by atoms with Gasteiger partial charge < -0.3 is 10.2 Å². The standard InChI is InChI=1S/C18H22N2O/c1-13-12-20(11-10-17(13)19-2)18(21)16-9-5-7-14-6-3-4-8-15(14)16/h3-9,13,17,19H,10-12H2,1-2H3. The highest BCUT2D eigenvalue weighted by atomic mass is 16.2. The molecular weight excluding hydrogens is 260 g/mol. The van der Waals surface area contributed by atoms with Crippen molar-refractivity contribution >= 4 is 16.7 Å². The van der Waals surface area contributed by atoms with E-state index in [1.165, 1.54) is 0 Å². The first kappa shape index (κ1) is 14.1. The van der Waals surface area contributed by atoms with E-state index in [0.717, 1.165) is 35.8 Å². The van der Waals surface area contributed by atoms with Gasteiger partial charge in [0.1, 0.15) is 0 Å². The van der Waals surface area contributed by atoms with E-state index in [1.54, 1.807) is 0 Å². The Morgan fingerprint density at radius 2 is 1.95 bits per heavy atom. The van der Waals surface area contributed by atoms with Crippen LogP contribution in [-0.4, -0.2) is 37.0 Å². The average molecular weight is 282 g/mol. The number of likely N-dealkylation sites (tertiary alicyclic amines) is 1. The van der Waals surface area contributed by atoms with Crippen molar-refractivity contribution < 1.29 is 4.79 Å². The van der Waals surface area contributed by atoms with Crippen LogP contribution in [0.25, 0.3) is 10.8 Å². The van der Waals surface area contributed by atoms with Crippen molar-refractivity contribution in [2.24, 2.45) is 5.92 Å². The number of piperidine rings is 1. The molecule has 110 valence electrons. The quantitative estimate of drug-likeness (QED) is 0.918. The molecule has 1 amide bonds. The summed E-state index contributed by atoms with van der Waals surface area (Å²) in [5.74, 6) is 0.649. The second-order valence-electron chi connectivity index (χ2n) is 5.94. The van der Waals surface area contributed by atoms with Gasteiger partial charge in [-0.25, -0.2) is 0 Å². The van der Waals surface area contributed by atoms with Crippen LogP contribution in [0.15, 0.2) is 42.5 Å². The first-order chi connectivity index (χ1) is 10.2. The largest absolute Gasteiger partial charge is 0.338 e. The van der Waals surface area contributed by atoms with Crippen molar-refractivity contribution in [2.45, 2.75) is 19.4 Å². The zero-order chi connectivity index (χ0) is 14.8. The van der Waals surface area contributed by atoms with Crippen LogP contribution >= 0.6 is 0 Å². The number of fused-ring (bicyclic) bond motifs is 1. The molecule has 3 nitrogen and oxygen atoms in total. The average Bonchev–Trinajstić information content (AvgIpc) is 2.53. The van der Waals surface area contributed by atoms with Crippen molar-refractivity contribution in [3.8, 4) is 0 Å². The maximum absolute atomic E-state index is 12.9. The summed E-state index contributed by atoms with van der Waals surface area (Å²) < 4.78 is 0. The van der Waals surface area contributed by atoms with Gasteiger partial charge in [0.15, 0.2) is 0 Å². The molecular formula is C18H22N2O. The van der Waals surface area contributed by atoms with Crippen molar-refractivity contribution in [3.05, 3.63) is 48.0 Å². The number of rotatable bonds is 2. The summed E-state index contributed by atoms with van der Waals surface area (Å²) in [5, 5.41) is 5.52. The van der Waals surface area contributed by atoms with Crippen molar-refractivity contribution in [1.29, 1.82) is 0 Å². The van der Waals surface area contributed by atoms with Crippen LogP contribution in [0.2, 0.25) is 0 Å². The molecule has 1 aliphatic heterocycles. The monoisotopic (exact) mass is 282 g/mol. The van der Waals surface area contributed by atoms with Gasteiger partial charge in [0, 0.05) is 24.7 Å². The molecule has 0 radical (unpaired) electrons. The highest BCUT2D eigenvalue weighted by Gasteiger charge is 2.28. The first-order valence-corrected chi connectivity index (χ1v) is 7.65. The zero-order valence-electron chi connectivity index (χ0n) is 12.7. The number of nitrogens with one attached hydrogen (secondary N) is 1. The molecule has 3 rings (SSSR count). The van der Waals surface area contributed by atoms with Crippen LogP contribution in [0.1, 0.15) is 23.7 Å². The van der Waals surface area contributed by atoms with Crippen LogP contribution < -0.4 is 5.32 Å². The van der Waals surface area contributed by atoms with Crippen LogP contribution in [0.3, 0.4) is 0 Å². The summed E-state index contributed by atoms with van der Waals surface area (Å²) in [5.41, 5.74) is 0.822. The predicted molar refractivity (Wildman–Crippen MR) is 86.5 cm³/mol. The number of hydrogen-bond acceptors (Lipinski definition) is 2. The van der Waals surface area contributed by atoms with Gasteiger partial charge >= 0.3 is 0 Å².